The smallest absolute Gasteiger partial charge is 0.291 e. The molecule has 3 rings (SSSR count). The van der Waals surface area contributed by atoms with E-state index >= 15 is 0 Å². The number of furan rings is 1. The summed E-state index contributed by atoms with van der Waals surface area (Å²) in [6, 6.07) is 12.3. The van der Waals surface area contributed by atoms with Crippen molar-refractivity contribution in [3.8, 4) is 0 Å². The minimum atomic E-state index is -0.562. The van der Waals surface area contributed by atoms with E-state index in [9.17, 15) is 14.9 Å². The largest absolute Gasteiger partial charge is 0.459 e. The topological polar surface area (TPSA) is 97.7 Å². The molecule has 0 atom stereocenters. The number of carbonyl (C=O) groups is 1. The third kappa shape index (κ3) is 4.52. The fourth-order valence-electron chi connectivity index (χ4n) is 2.18. The number of halogens is 2. The van der Waals surface area contributed by atoms with Crippen LogP contribution < -0.4 is 5.32 Å². The standard InChI is InChI=1S/C18H11Cl2N3O4/c19-13-5-3-11(8-16(13)23(25)26)10-21-12-4-6-15(14(20)9-12)22-18(24)17-2-1-7-27-17/h1-10H,(H,22,24). The molecular weight excluding hydrogens is 393 g/mol. The fourth-order valence-corrected chi connectivity index (χ4v) is 2.58. The highest BCUT2D eigenvalue weighted by Crippen LogP contribution is 2.28. The summed E-state index contributed by atoms with van der Waals surface area (Å²) in [6.07, 6.45) is 2.85. The Hall–Kier alpha value is -3.16. The lowest BCUT2D eigenvalue weighted by atomic mass is 10.2. The second-order valence-electron chi connectivity index (χ2n) is 5.32. The summed E-state index contributed by atoms with van der Waals surface area (Å²) >= 11 is 12.0. The maximum absolute atomic E-state index is 12.0. The first kappa shape index (κ1) is 18.6. The van der Waals surface area contributed by atoms with Crippen LogP contribution in [0.5, 0.6) is 0 Å². The van der Waals surface area contributed by atoms with Crippen LogP contribution in [0.25, 0.3) is 0 Å². The third-order valence-electron chi connectivity index (χ3n) is 3.48. The van der Waals surface area contributed by atoms with Crippen molar-refractivity contribution in [2.45, 2.75) is 0 Å². The highest BCUT2D eigenvalue weighted by atomic mass is 35.5. The highest BCUT2D eigenvalue weighted by Gasteiger charge is 2.12. The van der Waals surface area contributed by atoms with Crippen LogP contribution in [0.4, 0.5) is 17.1 Å². The monoisotopic (exact) mass is 403 g/mol. The zero-order valence-corrected chi connectivity index (χ0v) is 15.1. The molecule has 3 aromatic rings. The summed E-state index contributed by atoms with van der Waals surface area (Å²) in [6.45, 7) is 0. The Bertz CT molecular complexity index is 1030. The summed E-state index contributed by atoms with van der Waals surface area (Å²) in [5, 5.41) is 13.9. The quantitative estimate of drug-likeness (QED) is 0.345. The van der Waals surface area contributed by atoms with Gasteiger partial charge in [0.05, 0.1) is 27.6 Å². The average Bonchev–Trinajstić information content (AvgIpc) is 3.17. The van der Waals surface area contributed by atoms with Gasteiger partial charge < -0.3 is 9.73 Å². The van der Waals surface area contributed by atoms with E-state index in [-0.39, 0.29) is 21.5 Å². The number of hydrogen-bond acceptors (Lipinski definition) is 5. The number of nitrogens with one attached hydrogen (secondary N) is 1. The minimum Gasteiger partial charge on any atom is -0.459 e. The molecule has 0 bridgehead atoms. The molecule has 0 radical (unpaired) electrons. The number of rotatable bonds is 5. The Morgan fingerprint density at radius 3 is 2.63 bits per heavy atom. The SMILES string of the molecule is O=C(Nc1ccc(N=Cc2ccc(Cl)c([N+](=O)[O-])c2)cc1Cl)c1ccco1. The van der Waals surface area contributed by atoms with Gasteiger partial charge in [-0.25, -0.2) is 0 Å². The number of nitro benzene ring substituents is 1. The van der Waals surface area contributed by atoms with Crippen LogP contribution in [0, 0.1) is 10.1 Å². The van der Waals surface area contributed by atoms with E-state index in [0.29, 0.717) is 16.9 Å². The molecule has 0 aliphatic rings. The summed E-state index contributed by atoms with van der Waals surface area (Å²) in [4.78, 5) is 26.6. The van der Waals surface area contributed by atoms with Gasteiger partial charge in [-0.2, -0.15) is 0 Å². The summed E-state index contributed by atoms with van der Waals surface area (Å²) in [5.41, 5.74) is 1.22. The van der Waals surface area contributed by atoms with Crippen molar-refractivity contribution in [1.29, 1.82) is 0 Å². The van der Waals surface area contributed by atoms with Crippen molar-refractivity contribution in [2.24, 2.45) is 4.99 Å². The molecule has 0 fully saturated rings. The molecular formula is C18H11Cl2N3O4. The van der Waals surface area contributed by atoms with Gasteiger partial charge in [-0.1, -0.05) is 29.3 Å². The zero-order chi connectivity index (χ0) is 19.4. The summed E-state index contributed by atoms with van der Waals surface area (Å²) < 4.78 is 5.02. The van der Waals surface area contributed by atoms with Gasteiger partial charge >= 0.3 is 0 Å². The van der Waals surface area contributed by atoms with Crippen LogP contribution in [0.15, 0.2) is 64.2 Å². The fraction of sp³-hybridized carbons (Fsp3) is 0. The van der Waals surface area contributed by atoms with E-state index in [1.807, 2.05) is 0 Å². The molecule has 9 heteroatoms. The summed E-state index contributed by atoms with van der Waals surface area (Å²) in [5.74, 6) is -0.260. The molecule has 0 aliphatic carbocycles. The number of benzene rings is 2. The van der Waals surface area contributed by atoms with E-state index in [0.717, 1.165) is 0 Å². The van der Waals surface area contributed by atoms with Crippen LogP contribution in [0.1, 0.15) is 16.1 Å². The second kappa shape index (κ2) is 8.03. The first-order valence-electron chi connectivity index (χ1n) is 7.56. The van der Waals surface area contributed by atoms with Gasteiger partial charge in [0, 0.05) is 12.3 Å². The van der Waals surface area contributed by atoms with Gasteiger partial charge in [0.15, 0.2) is 5.76 Å². The van der Waals surface area contributed by atoms with Crippen LogP contribution >= 0.6 is 23.2 Å². The van der Waals surface area contributed by atoms with Crippen LogP contribution in [0.2, 0.25) is 10.0 Å². The van der Waals surface area contributed by atoms with Gasteiger partial charge in [0.25, 0.3) is 11.6 Å². The van der Waals surface area contributed by atoms with Crippen LogP contribution in [-0.4, -0.2) is 17.0 Å². The number of amides is 1. The lowest BCUT2D eigenvalue weighted by molar-refractivity contribution is -0.384. The molecule has 2 aromatic carbocycles. The van der Waals surface area contributed by atoms with Gasteiger partial charge in [0.1, 0.15) is 5.02 Å². The Labute approximate surface area is 163 Å². The second-order valence-corrected chi connectivity index (χ2v) is 6.14. The molecule has 1 aromatic heterocycles. The zero-order valence-electron chi connectivity index (χ0n) is 13.6. The van der Waals surface area contributed by atoms with Crippen molar-refractivity contribution in [1.82, 2.24) is 0 Å². The van der Waals surface area contributed by atoms with Crippen molar-refractivity contribution < 1.29 is 14.1 Å². The molecule has 1 amide bonds. The number of anilines is 1. The Morgan fingerprint density at radius 1 is 1.15 bits per heavy atom. The molecule has 1 N–H and O–H groups in total. The number of nitrogens with zero attached hydrogens (tertiary/aromatic N) is 2. The highest BCUT2D eigenvalue weighted by molar-refractivity contribution is 6.34. The predicted octanol–water partition coefficient (Wildman–Crippen LogP) is 5.50. The van der Waals surface area contributed by atoms with Crippen molar-refractivity contribution in [3.63, 3.8) is 0 Å². The molecule has 0 aliphatic heterocycles. The number of carbonyl (C=O) groups excluding carboxylic acids is 1. The minimum absolute atomic E-state index is 0.0526. The molecule has 0 unspecified atom stereocenters. The lowest BCUT2D eigenvalue weighted by Gasteiger charge is -2.06. The van der Waals surface area contributed by atoms with Crippen molar-refractivity contribution in [2.75, 3.05) is 5.32 Å². The lowest BCUT2D eigenvalue weighted by Crippen LogP contribution is -2.10. The number of nitro groups is 1. The van der Waals surface area contributed by atoms with Gasteiger partial charge in [0.2, 0.25) is 0 Å². The Morgan fingerprint density at radius 2 is 1.96 bits per heavy atom. The van der Waals surface area contributed by atoms with E-state index < -0.39 is 10.8 Å². The molecule has 1 heterocycles. The average molecular weight is 404 g/mol. The third-order valence-corrected chi connectivity index (χ3v) is 4.11. The number of hydrogen-bond donors (Lipinski definition) is 1. The van der Waals surface area contributed by atoms with Crippen LogP contribution in [0.3, 0.4) is 0 Å². The molecule has 27 heavy (non-hydrogen) atoms. The number of aliphatic imine (C=N–C) groups is 1. The Kier molecular flexibility index (Phi) is 5.54. The maximum Gasteiger partial charge on any atom is 0.291 e. The molecule has 136 valence electrons. The molecule has 0 spiro atoms. The summed E-state index contributed by atoms with van der Waals surface area (Å²) in [7, 11) is 0. The van der Waals surface area contributed by atoms with E-state index in [2.05, 4.69) is 10.3 Å². The first-order valence-corrected chi connectivity index (χ1v) is 8.32. The van der Waals surface area contributed by atoms with Crippen LogP contribution in [-0.2, 0) is 0 Å². The molecule has 7 nitrogen and oxygen atoms in total. The van der Waals surface area contributed by atoms with Gasteiger partial charge in [-0.15, -0.1) is 0 Å². The normalized spacial score (nSPS) is 10.9. The van der Waals surface area contributed by atoms with E-state index in [1.165, 1.54) is 30.7 Å². The van der Waals surface area contributed by atoms with E-state index in [4.69, 9.17) is 27.6 Å². The van der Waals surface area contributed by atoms with E-state index in [1.54, 1.807) is 30.3 Å². The van der Waals surface area contributed by atoms with Crippen molar-refractivity contribution >= 4 is 52.4 Å². The first-order chi connectivity index (χ1) is 12.9. The van der Waals surface area contributed by atoms with Crippen molar-refractivity contribution in [3.05, 3.63) is 86.3 Å². The molecule has 0 saturated carbocycles. The Balaban J connectivity index is 1.76. The van der Waals surface area contributed by atoms with Gasteiger partial charge in [-0.05, 0) is 42.0 Å². The maximum atomic E-state index is 12.0. The predicted molar refractivity (Wildman–Crippen MR) is 103 cm³/mol. The molecule has 0 saturated heterocycles. The van der Waals surface area contributed by atoms with Gasteiger partial charge in [-0.3, -0.25) is 19.9 Å².